The van der Waals surface area contributed by atoms with Gasteiger partial charge in [0.2, 0.25) is 0 Å². The number of fused-ring (bicyclic) bond motifs is 1. The van der Waals surface area contributed by atoms with Crippen LogP contribution in [0.5, 0.6) is 5.75 Å². The fourth-order valence-electron chi connectivity index (χ4n) is 2.93. The van der Waals surface area contributed by atoms with Crippen molar-refractivity contribution in [3.8, 4) is 5.75 Å². The van der Waals surface area contributed by atoms with E-state index in [9.17, 15) is 14.7 Å². The summed E-state index contributed by atoms with van der Waals surface area (Å²) in [4.78, 5) is 27.3. The number of aromatic nitrogens is 1. The number of ether oxygens (including phenoxy) is 1. The molecule has 0 saturated heterocycles. The third-order valence-corrected chi connectivity index (χ3v) is 4.40. The average molecular weight is 380 g/mol. The van der Waals surface area contributed by atoms with Gasteiger partial charge in [-0.05, 0) is 41.8 Å². The molecular weight excluding hydrogens is 356 g/mol. The van der Waals surface area contributed by atoms with Crippen molar-refractivity contribution >= 4 is 22.8 Å². The van der Waals surface area contributed by atoms with Crippen molar-refractivity contribution in [3.63, 3.8) is 0 Å². The van der Waals surface area contributed by atoms with Gasteiger partial charge in [-0.2, -0.15) is 0 Å². The quantitative estimate of drug-likeness (QED) is 0.556. The van der Waals surface area contributed by atoms with Crippen LogP contribution in [-0.4, -0.2) is 34.6 Å². The monoisotopic (exact) mass is 380 g/mol. The molecule has 0 aliphatic rings. The highest BCUT2D eigenvalue weighted by Crippen LogP contribution is 2.19. The molecule has 1 amide bonds. The Labute approximate surface area is 163 Å². The number of hydrogen-bond donors (Lipinski definition) is 3. The van der Waals surface area contributed by atoms with Gasteiger partial charge in [-0.3, -0.25) is 4.79 Å². The second-order valence-corrected chi connectivity index (χ2v) is 7.16. The van der Waals surface area contributed by atoms with Gasteiger partial charge in [0.25, 0.3) is 5.91 Å². The number of para-hydroxylation sites is 1. The van der Waals surface area contributed by atoms with E-state index in [-0.39, 0.29) is 6.42 Å². The SMILES string of the molecule is CC(C)COc1ccc(C(=O)NC(Cc2c[nH]c3ccccc23)C(=O)O)cc1. The van der Waals surface area contributed by atoms with Crippen LogP contribution < -0.4 is 10.1 Å². The molecular formula is C22H24N2O4. The average Bonchev–Trinajstić information content (AvgIpc) is 3.09. The Bertz CT molecular complexity index is 960. The molecule has 1 atom stereocenters. The van der Waals surface area contributed by atoms with Gasteiger partial charge in [-0.15, -0.1) is 0 Å². The Hall–Kier alpha value is -3.28. The van der Waals surface area contributed by atoms with Crippen LogP contribution in [-0.2, 0) is 11.2 Å². The Morgan fingerprint density at radius 2 is 1.82 bits per heavy atom. The first kappa shape index (κ1) is 19.5. The van der Waals surface area contributed by atoms with Gasteiger partial charge >= 0.3 is 5.97 Å². The highest BCUT2D eigenvalue weighted by Gasteiger charge is 2.22. The summed E-state index contributed by atoms with van der Waals surface area (Å²) in [6.45, 7) is 4.71. The molecule has 0 spiro atoms. The molecule has 3 aromatic rings. The number of amides is 1. The summed E-state index contributed by atoms with van der Waals surface area (Å²) < 4.78 is 5.60. The fraction of sp³-hybridized carbons (Fsp3) is 0.273. The van der Waals surface area contributed by atoms with Gasteiger partial charge in [0, 0.05) is 29.1 Å². The summed E-state index contributed by atoms with van der Waals surface area (Å²) in [5.41, 5.74) is 2.17. The number of carbonyl (C=O) groups is 2. The third kappa shape index (κ3) is 4.71. The second kappa shape index (κ2) is 8.61. The molecule has 6 nitrogen and oxygen atoms in total. The van der Waals surface area contributed by atoms with E-state index in [1.165, 1.54) is 0 Å². The molecule has 0 bridgehead atoms. The van der Waals surface area contributed by atoms with E-state index < -0.39 is 17.9 Å². The molecule has 1 heterocycles. The first-order valence-electron chi connectivity index (χ1n) is 9.25. The molecule has 28 heavy (non-hydrogen) atoms. The fourth-order valence-corrected chi connectivity index (χ4v) is 2.93. The molecule has 0 radical (unpaired) electrons. The molecule has 6 heteroatoms. The lowest BCUT2D eigenvalue weighted by molar-refractivity contribution is -0.139. The Kier molecular flexibility index (Phi) is 5.99. The van der Waals surface area contributed by atoms with Gasteiger partial charge in [0.1, 0.15) is 11.8 Å². The van der Waals surface area contributed by atoms with Crippen molar-refractivity contribution in [2.75, 3.05) is 6.61 Å². The first-order chi connectivity index (χ1) is 13.4. The number of carboxylic acid groups (broad SMARTS) is 1. The van der Waals surface area contributed by atoms with E-state index in [2.05, 4.69) is 24.1 Å². The molecule has 0 saturated carbocycles. The topological polar surface area (TPSA) is 91.4 Å². The number of aliphatic carboxylic acids is 1. The van der Waals surface area contributed by atoms with Crippen LogP contribution in [0.2, 0.25) is 0 Å². The summed E-state index contributed by atoms with van der Waals surface area (Å²) in [5.74, 6) is -0.416. The number of nitrogens with one attached hydrogen (secondary N) is 2. The lowest BCUT2D eigenvalue weighted by Crippen LogP contribution is -2.42. The molecule has 3 rings (SSSR count). The molecule has 1 aromatic heterocycles. The largest absolute Gasteiger partial charge is 0.493 e. The number of carboxylic acids is 1. The van der Waals surface area contributed by atoms with Gasteiger partial charge in [0.05, 0.1) is 6.61 Å². The van der Waals surface area contributed by atoms with Gasteiger partial charge in [-0.1, -0.05) is 32.0 Å². The Morgan fingerprint density at radius 3 is 2.50 bits per heavy atom. The number of aromatic amines is 1. The van der Waals surface area contributed by atoms with Crippen molar-refractivity contribution in [1.29, 1.82) is 0 Å². The van der Waals surface area contributed by atoms with Crippen molar-refractivity contribution in [1.82, 2.24) is 10.3 Å². The number of hydrogen-bond acceptors (Lipinski definition) is 3. The maximum Gasteiger partial charge on any atom is 0.326 e. The number of H-pyrrole nitrogens is 1. The predicted molar refractivity (Wildman–Crippen MR) is 108 cm³/mol. The molecule has 3 N–H and O–H groups in total. The molecule has 0 fully saturated rings. The van der Waals surface area contributed by atoms with Gasteiger partial charge in [0.15, 0.2) is 0 Å². The molecule has 0 aliphatic carbocycles. The highest BCUT2D eigenvalue weighted by atomic mass is 16.5. The van der Waals surface area contributed by atoms with Crippen molar-refractivity contribution < 1.29 is 19.4 Å². The lowest BCUT2D eigenvalue weighted by Gasteiger charge is -2.15. The number of benzene rings is 2. The molecule has 0 aliphatic heterocycles. The predicted octanol–water partition coefficient (Wildman–Crippen LogP) is 3.63. The standard InChI is InChI=1S/C22H24N2O4/c1-14(2)13-28-17-9-7-15(8-10-17)21(25)24-20(22(26)27)11-16-12-23-19-6-4-3-5-18(16)19/h3-10,12,14,20,23H,11,13H2,1-2H3,(H,24,25)(H,26,27). The first-order valence-corrected chi connectivity index (χ1v) is 9.25. The van der Waals surface area contributed by atoms with Gasteiger partial charge < -0.3 is 20.1 Å². The Balaban J connectivity index is 1.68. The minimum atomic E-state index is -1.07. The van der Waals surface area contributed by atoms with Crippen LogP contribution in [0.1, 0.15) is 29.8 Å². The van der Waals surface area contributed by atoms with Crippen LogP contribution in [0.25, 0.3) is 10.9 Å². The second-order valence-electron chi connectivity index (χ2n) is 7.16. The van der Waals surface area contributed by atoms with Crippen LogP contribution in [0.4, 0.5) is 0 Å². The molecule has 1 unspecified atom stereocenters. The lowest BCUT2D eigenvalue weighted by atomic mass is 10.0. The maximum absolute atomic E-state index is 12.5. The van der Waals surface area contributed by atoms with E-state index in [4.69, 9.17) is 4.74 Å². The minimum absolute atomic E-state index is 0.195. The van der Waals surface area contributed by atoms with E-state index in [1.54, 1.807) is 30.5 Å². The van der Waals surface area contributed by atoms with Crippen LogP contribution >= 0.6 is 0 Å². The molecule has 2 aromatic carbocycles. The summed E-state index contributed by atoms with van der Waals surface area (Å²) in [6.07, 6.45) is 1.98. The van der Waals surface area contributed by atoms with Crippen LogP contribution in [0.3, 0.4) is 0 Å². The molecule has 146 valence electrons. The normalized spacial score (nSPS) is 12.1. The van der Waals surface area contributed by atoms with Gasteiger partial charge in [-0.25, -0.2) is 4.79 Å². The summed E-state index contributed by atoms with van der Waals surface area (Å²) in [5, 5.41) is 13.1. The maximum atomic E-state index is 12.5. The number of carbonyl (C=O) groups excluding carboxylic acids is 1. The minimum Gasteiger partial charge on any atom is -0.493 e. The van der Waals surface area contributed by atoms with E-state index in [0.717, 1.165) is 16.5 Å². The zero-order chi connectivity index (χ0) is 20.1. The van der Waals surface area contributed by atoms with E-state index in [1.807, 2.05) is 24.3 Å². The summed E-state index contributed by atoms with van der Waals surface area (Å²) >= 11 is 0. The Morgan fingerprint density at radius 1 is 1.11 bits per heavy atom. The summed E-state index contributed by atoms with van der Waals surface area (Å²) in [6, 6.07) is 13.3. The third-order valence-electron chi connectivity index (χ3n) is 4.40. The van der Waals surface area contributed by atoms with Crippen LogP contribution in [0, 0.1) is 5.92 Å². The number of rotatable bonds is 8. The smallest absolute Gasteiger partial charge is 0.326 e. The van der Waals surface area contributed by atoms with Crippen molar-refractivity contribution in [3.05, 3.63) is 65.9 Å². The van der Waals surface area contributed by atoms with Crippen molar-refractivity contribution in [2.45, 2.75) is 26.3 Å². The zero-order valence-electron chi connectivity index (χ0n) is 15.9. The van der Waals surface area contributed by atoms with E-state index >= 15 is 0 Å². The van der Waals surface area contributed by atoms with E-state index in [0.29, 0.717) is 23.8 Å². The summed E-state index contributed by atoms with van der Waals surface area (Å²) in [7, 11) is 0. The highest BCUT2D eigenvalue weighted by molar-refractivity contribution is 5.97. The van der Waals surface area contributed by atoms with Crippen molar-refractivity contribution in [2.24, 2.45) is 5.92 Å². The van der Waals surface area contributed by atoms with Crippen LogP contribution in [0.15, 0.2) is 54.7 Å². The zero-order valence-corrected chi connectivity index (χ0v) is 15.9.